The predicted molar refractivity (Wildman–Crippen MR) is 57.4 cm³/mol. The van der Waals surface area contributed by atoms with Crippen LogP contribution in [0.5, 0.6) is 0 Å². The fourth-order valence-corrected chi connectivity index (χ4v) is 1.14. The van der Waals surface area contributed by atoms with Gasteiger partial charge in [0.1, 0.15) is 0 Å². The molecule has 0 heteroatoms. The third-order valence-electron chi connectivity index (χ3n) is 2.39. The van der Waals surface area contributed by atoms with Crippen LogP contribution in [0.15, 0.2) is 12.2 Å². The van der Waals surface area contributed by atoms with E-state index in [2.05, 4.69) is 34.3 Å². The average Bonchev–Trinajstić information content (AvgIpc) is 1.96. The van der Waals surface area contributed by atoms with E-state index in [4.69, 9.17) is 0 Å². The molecule has 0 aromatic heterocycles. The number of hydrogen-bond acceptors (Lipinski definition) is 0. The molecule has 0 bridgehead atoms. The molecule has 0 aromatic carbocycles. The minimum Gasteiger partial charge on any atom is -0.0993 e. The lowest BCUT2D eigenvalue weighted by Gasteiger charge is -2.21. The SMILES string of the molecule is C=C(CCCCCC)C(C)(C)C. The van der Waals surface area contributed by atoms with Gasteiger partial charge in [-0.05, 0) is 18.3 Å². The van der Waals surface area contributed by atoms with E-state index in [-0.39, 0.29) is 0 Å². The van der Waals surface area contributed by atoms with Crippen molar-refractivity contribution in [3.05, 3.63) is 12.2 Å². The maximum Gasteiger partial charge on any atom is -0.0176 e. The summed E-state index contributed by atoms with van der Waals surface area (Å²) in [6, 6.07) is 0. The molecule has 0 unspecified atom stereocenters. The summed E-state index contributed by atoms with van der Waals surface area (Å²) in [6.07, 6.45) is 6.60. The van der Waals surface area contributed by atoms with Gasteiger partial charge in [0.2, 0.25) is 0 Å². The van der Waals surface area contributed by atoms with Crippen molar-refractivity contribution in [2.45, 2.75) is 59.8 Å². The Labute approximate surface area is 78.1 Å². The minimum atomic E-state index is 0.312. The van der Waals surface area contributed by atoms with Crippen molar-refractivity contribution in [1.82, 2.24) is 0 Å². The van der Waals surface area contributed by atoms with Gasteiger partial charge in [-0.25, -0.2) is 0 Å². The van der Waals surface area contributed by atoms with Crippen molar-refractivity contribution >= 4 is 0 Å². The highest BCUT2D eigenvalue weighted by Gasteiger charge is 2.13. The number of unbranched alkanes of at least 4 members (excludes halogenated alkanes) is 3. The molecule has 0 spiro atoms. The lowest BCUT2D eigenvalue weighted by molar-refractivity contribution is 0.474. The highest BCUT2D eigenvalue weighted by Crippen LogP contribution is 2.27. The molecule has 0 aliphatic carbocycles. The van der Waals surface area contributed by atoms with Crippen molar-refractivity contribution in [2.24, 2.45) is 5.41 Å². The fourth-order valence-electron chi connectivity index (χ4n) is 1.14. The van der Waals surface area contributed by atoms with Crippen molar-refractivity contribution in [3.8, 4) is 0 Å². The van der Waals surface area contributed by atoms with Gasteiger partial charge in [-0.15, -0.1) is 0 Å². The minimum absolute atomic E-state index is 0.312. The molecule has 0 radical (unpaired) electrons. The normalized spacial score (nSPS) is 11.7. The Morgan fingerprint density at radius 3 is 2.08 bits per heavy atom. The molecule has 0 aliphatic heterocycles. The summed E-state index contributed by atoms with van der Waals surface area (Å²) in [5.74, 6) is 0. The highest BCUT2D eigenvalue weighted by molar-refractivity contribution is 5.04. The summed E-state index contributed by atoms with van der Waals surface area (Å²) in [5.41, 5.74) is 1.71. The summed E-state index contributed by atoms with van der Waals surface area (Å²) in [7, 11) is 0. The highest BCUT2D eigenvalue weighted by atomic mass is 14.2. The van der Waals surface area contributed by atoms with Crippen LogP contribution in [0.3, 0.4) is 0 Å². The third-order valence-corrected chi connectivity index (χ3v) is 2.39. The first-order valence-corrected chi connectivity index (χ1v) is 5.16. The van der Waals surface area contributed by atoms with Crippen LogP contribution in [-0.2, 0) is 0 Å². The van der Waals surface area contributed by atoms with E-state index in [0.29, 0.717) is 5.41 Å². The van der Waals surface area contributed by atoms with E-state index in [0.717, 1.165) is 0 Å². The Morgan fingerprint density at radius 1 is 1.08 bits per heavy atom. The van der Waals surface area contributed by atoms with Gasteiger partial charge in [-0.2, -0.15) is 0 Å². The zero-order valence-electron chi connectivity index (χ0n) is 9.24. The Hall–Kier alpha value is -0.260. The molecule has 0 fully saturated rings. The second-order valence-electron chi connectivity index (χ2n) is 4.66. The van der Waals surface area contributed by atoms with Gasteiger partial charge >= 0.3 is 0 Å². The van der Waals surface area contributed by atoms with E-state index < -0.39 is 0 Å². The topological polar surface area (TPSA) is 0 Å². The standard InChI is InChI=1S/C12H24/c1-6-7-8-9-10-11(2)12(3,4)5/h2,6-10H2,1,3-5H3. The van der Waals surface area contributed by atoms with Gasteiger partial charge in [0.25, 0.3) is 0 Å². The fraction of sp³-hybridized carbons (Fsp3) is 0.833. The molecule has 0 saturated carbocycles. The quantitative estimate of drug-likeness (QED) is 0.417. The van der Waals surface area contributed by atoms with Crippen LogP contribution < -0.4 is 0 Å². The zero-order chi connectivity index (χ0) is 9.61. The van der Waals surface area contributed by atoms with Crippen molar-refractivity contribution < 1.29 is 0 Å². The summed E-state index contributed by atoms with van der Waals surface area (Å²) in [4.78, 5) is 0. The van der Waals surface area contributed by atoms with Crippen molar-refractivity contribution in [1.29, 1.82) is 0 Å². The molecule has 0 amide bonds. The summed E-state index contributed by atoms with van der Waals surface area (Å²) >= 11 is 0. The lowest BCUT2D eigenvalue weighted by atomic mass is 9.84. The molecule has 0 nitrogen and oxygen atoms in total. The monoisotopic (exact) mass is 168 g/mol. The molecule has 0 rings (SSSR count). The first-order valence-electron chi connectivity index (χ1n) is 5.16. The van der Waals surface area contributed by atoms with Gasteiger partial charge < -0.3 is 0 Å². The maximum absolute atomic E-state index is 4.12. The first-order chi connectivity index (χ1) is 5.48. The largest absolute Gasteiger partial charge is 0.0993 e. The molecular weight excluding hydrogens is 144 g/mol. The summed E-state index contributed by atoms with van der Waals surface area (Å²) in [5, 5.41) is 0. The molecule has 0 atom stereocenters. The van der Waals surface area contributed by atoms with E-state index >= 15 is 0 Å². The van der Waals surface area contributed by atoms with Crippen LogP contribution >= 0.6 is 0 Å². The van der Waals surface area contributed by atoms with E-state index in [1.807, 2.05) is 0 Å². The van der Waals surface area contributed by atoms with Gasteiger partial charge in [-0.3, -0.25) is 0 Å². The van der Waals surface area contributed by atoms with E-state index in [1.54, 1.807) is 0 Å². The van der Waals surface area contributed by atoms with E-state index in [1.165, 1.54) is 37.7 Å². The average molecular weight is 168 g/mol. The Bertz CT molecular complexity index is 125. The molecule has 72 valence electrons. The van der Waals surface area contributed by atoms with Gasteiger partial charge in [-0.1, -0.05) is 59.1 Å². The van der Waals surface area contributed by atoms with Gasteiger partial charge in [0, 0.05) is 0 Å². The van der Waals surface area contributed by atoms with Crippen LogP contribution in [0.1, 0.15) is 59.8 Å². The van der Waals surface area contributed by atoms with Crippen LogP contribution in [0.25, 0.3) is 0 Å². The van der Waals surface area contributed by atoms with Crippen LogP contribution in [0.4, 0.5) is 0 Å². The number of rotatable bonds is 5. The molecule has 0 N–H and O–H groups in total. The Kier molecular flexibility index (Phi) is 5.28. The van der Waals surface area contributed by atoms with Crippen LogP contribution in [0.2, 0.25) is 0 Å². The second-order valence-corrected chi connectivity index (χ2v) is 4.66. The Morgan fingerprint density at radius 2 is 1.67 bits per heavy atom. The molecule has 0 heterocycles. The van der Waals surface area contributed by atoms with Gasteiger partial charge in [0.05, 0.1) is 0 Å². The molecule has 0 aliphatic rings. The van der Waals surface area contributed by atoms with E-state index in [9.17, 15) is 0 Å². The molecule has 0 saturated heterocycles. The van der Waals surface area contributed by atoms with Crippen LogP contribution in [-0.4, -0.2) is 0 Å². The molecular formula is C12H24. The van der Waals surface area contributed by atoms with Crippen molar-refractivity contribution in [3.63, 3.8) is 0 Å². The predicted octanol–water partition coefficient (Wildman–Crippen LogP) is 4.56. The maximum atomic E-state index is 4.12. The van der Waals surface area contributed by atoms with Crippen LogP contribution in [0, 0.1) is 5.41 Å². The summed E-state index contributed by atoms with van der Waals surface area (Å²) in [6.45, 7) is 13.1. The Balaban J connectivity index is 3.45. The molecule has 0 aromatic rings. The van der Waals surface area contributed by atoms with Crippen molar-refractivity contribution in [2.75, 3.05) is 0 Å². The lowest BCUT2D eigenvalue weighted by Crippen LogP contribution is -2.07. The smallest absolute Gasteiger partial charge is 0.0176 e. The third kappa shape index (κ3) is 5.40. The van der Waals surface area contributed by atoms with Gasteiger partial charge in [0.15, 0.2) is 0 Å². The second kappa shape index (κ2) is 5.40. The zero-order valence-corrected chi connectivity index (χ0v) is 9.24. The number of hydrogen-bond donors (Lipinski definition) is 0. The first kappa shape index (κ1) is 11.7. The summed E-state index contributed by atoms with van der Waals surface area (Å²) < 4.78 is 0. The number of allylic oxidation sites excluding steroid dienone is 1. The molecule has 12 heavy (non-hydrogen) atoms.